The standard InChI is InChI=1S/C23H30FNO5S/c1-16(19-8-9-20(24)21(13-19)30-14-17-6-7-17)15-31(28,29)10-4-2-3-5-18-11-22(26)25-23(27)12-18/h8-9,11,13,16-17H,2-7,10,12,14-15H2,1H3,(H,25,26,27)/t16-/m0/s1. The summed E-state index contributed by atoms with van der Waals surface area (Å²) < 4.78 is 44.6. The number of carbonyl (C=O) groups excluding carboxylic acids is 2. The molecule has 3 rings (SSSR count). The molecule has 31 heavy (non-hydrogen) atoms. The number of nitrogens with one attached hydrogen (secondary N) is 1. The monoisotopic (exact) mass is 451 g/mol. The number of halogens is 1. The Morgan fingerprint density at radius 2 is 1.97 bits per heavy atom. The SMILES string of the molecule is C[C@@H](CS(=O)(=O)CCCCCC1=CC(=O)NC(=O)C1)c1ccc(F)c(OCC2CC2)c1. The second-order valence-corrected chi connectivity index (χ2v) is 10.9. The summed E-state index contributed by atoms with van der Waals surface area (Å²) in [5.41, 5.74) is 1.55. The zero-order chi connectivity index (χ0) is 22.4. The van der Waals surface area contributed by atoms with Gasteiger partial charge in [-0.1, -0.05) is 25.0 Å². The third-order valence-corrected chi connectivity index (χ3v) is 7.56. The van der Waals surface area contributed by atoms with Crippen molar-refractivity contribution in [2.24, 2.45) is 5.92 Å². The molecule has 8 heteroatoms. The molecule has 0 aromatic heterocycles. The Morgan fingerprint density at radius 3 is 2.68 bits per heavy atom. The molecule has 0 bridgehead atoms. The first kappa shape index (κ1) is 23.4. The van der Waals surface area contributed by atoms with E-state index in [1.807, 2.05) is 6.92 Å². The molecule has 2 amide bonds. The van der Waals surface area contributed by atoms with Gasteiger partial charge in [0.1, 0.15) is 0 Å². The molecular formula is C23H30FNO5S. The minimum absolute atomic E-state index is 0.000519. The molecule has 1 aromatic carbocycles. The molecule has 1 aliphatic carbocycles. The van der Waals surface area contributed by atoms with E-state index in [1.54, 1.807) is 12.1 Å². The van der Waals surface area contributed by atoms with Gasteiger partial charge in [0.05, 0.1) is 18.1 Å². The smallest absolute Gasteiger partial charge is 0.250 e. The van der Waals surface area contributed by atoms with Crippen LogP contribution in [-0.4, -0.2) is 38.3 Å². The van der Waals surface area contributed by atoms with Crippen LogP contribution in [0.15, 0.2) is 29.8 Å². The summed E-state index contributed by atoms with van der Waals surface area (Å²) in [4.78, 5) is 22.7. The first-order chi connectivity index (χ1) is 14.7. The largest absolute Gasteiger partial charge is 0.490 e. The van der Waals surface area contributed by atoms with Crippen molar-refractivity contribution in [3.63, 3.8) is 0 Å². The van der Waals surface area contributed by atoms with Gasteiger partial charge in [-0.05, 0) is 61.6 Å². The van der Waals surface area contributed by atoms with Crippen LogP contribution in [0, 0.1) is 11.7 Å². The van der Waals surface area contributed by atoms with Crippen molar-refractivity contribution in [2.45, 2.75) is 57.8 Å². The highest BCUT2D eigenvalue weighted by atomic mass is 32.2. The Kier molecular flexibility index (Phi) is 7.86. The van der Waals surface area contributed by atoms with Gasteiger partial charge in [-0.25, -0.2) is 12.8 Å². The van der Waals surface area contributed by atoms with Crippen molar-refractivity contribution in [3.05, 3.63) is 41.2 Å². The number of benzene rings is 1. The lowest BCUT2D eigenvalue weighted by Crippen LogP contribution is -2.32. The van der Waals surface area contributed by atoms with E-state index in [9.17, 15) is 22.4 Å². The molecule has 1 fully saturated rings. The van der Waals surface area contributed by atoms with E-state index < -0.39 is 15.7 Å². The fourth-order valence-corrected chi connectivity index (χ4v) is 5.43. The summed E-state index contributed by atoms with van der Waals surface area (Å²) in [6, 6.07) is 4.58. The first-order valence-electron chi connectivity index (χ1n) is 10.9. The van der Waals surface area contributed by atoms with Crippen LogP contribution in [0.1, 0.15) is 63.4 Å². The molecule has 0 radical (unpaired) electrons. The summed E-state index contributed by atoms with van der Waals surface area (Å²) in [7, 11) is -3.26. The van der Waals surface area contributed by atoms with E-state index in [4.69, 9.17) is 4.74 Å². The van der Waals surface area contributed by atoms with Crippen molar-refractivity contribution in [2.75, 3.05) is 18.1 Å². The van der Waals surface area contributed by atoms with Crippen molar-refractivity contribution >= 4 is 21.7 Å². The molecule has 170 valence electrons. The summed E-state index contributed by atoms with van der Waals surface area (Å²) >= 11 is 0. The number of rotatable bonds is 12. The minimum Gasteiger partial charge on any atom is -0.490 e. The predicted molar refractivity (Wildman–Crippen MR) is 116 cm³/mol. The summed E-state index contributed by atoms with van der Waals surface area (Å²) in [6.45, 7) is 2.33. The zero-order valence-electron chi connectivity index (χ0n) is 17.9. The minimum atomic E-state index is -3.26. The van der Waals surface area contributed by atoms with Crippen LogP contribution in [0.3, 0.4) is 0 Å². The lowest BCUT2D eigenvalue weighted by atomic mass is 10.0. The second kappa shape index (κ2) is 10.4. The molecule has 2 aliphatic rings. The fraction of sp³-hybridized carbons (Fsp3) is 0.565. The number of hydrogen-bond acceptors (Lipinski definition) is 5. The second-order valence-electron chi connectivity index (χ2n) is 8.66. The van der Waals surface area contributed by atoms with Crippen molar-refractivity contribution in [3.8, 4) is 5.75 Å². The van der Waals surface area contributed by atoms with Crippen LogP contribution in [-0.2, 0) is 19.4 Å². The maximum Gasteiger partial charge on any atom is 0.250 e. The van der Waals surface area contributed by atoms with Crippen molar-refractivity contribution in [1.82, 2.24) is 5.32 Å². The zero-order valence-corrected chi connectivity index (χ0v) is 18.7. The van der Waals surface area contributed by atoms with Crippen LogP contribution in [0.2, 0.25) is 0 Å². The van der Waals surface area contributed by atoms with Gasteiger partial charge in [-0.3, -0.25) is 14.9 Å². The molecule has 1 N–H and O–H groups in total. The summed E-state index contributed by atoms with van der Waals surface area (Å²) in [5.74, 6) is -0.573. The van der Waals surface area contributed by atoms with Gasteiger partial charge < -0.3 is 4.74 Å². The third-order valence-electron chi connectivity index (χ3n) is 5.64. The van der Waals surface area contributed by atoms with Crippen molar-refractivity contribution < 1.29 is 27.1 Å². The van der Waals surface area contributed by atoms with E-state index >= 15 is 0 Å². The van der Waals surface area contributed by atoms with E-state index in [0.29, 0.717) is 31.8 Å². The molecule has 0 unspecified atom stereocenters. The molecular weight excluding hydrogens is 421 g/mol. The van der Waals surface area contributed by atoms with Gasteiger partial charge in [0.2, 0.25) is 5.91 Å². The Bertz CT molecular complexity index is 953. The van der Waals surface area contributed by atoms with Gasteiger partial charge >= 0.3 is 0 Å². The molecule has 1 saturated carbocycles. The van der Waals surface area contributed by atoms with E-state index in [2.05, 4.69) is 5.32 Å². The number of carbonyl (C=O) groups is 2. The van der Waals surface area contributed by atoms with Gasteiger partial charge in [0.15, 0.2) is 21.4 Å². The number of hydrogen-bond donors (Lipinski definition) is 1. The molecule has 6 nitrogen and oxygen atoms in total. The van der Waals surface area contributed by atoms with Crippen LogP contribution in [0.25, 0.3) is 0 Å². The Labute approximate surface area is 183 Å². The quantitative estimate of drug-likeness (QED) is 0.387. The number of amides is 2. The lowest BCUT2D eigenvalue weighted by Gasteiger charge is -2.15. The topological polar surface area (TPSA) is 89.5 Å². The summed E-state index contributed by atoms with van der Waals surface area (Å²) in [6.07, 6.45) is 6.49. The molecule has 1 aliphatic heterocycles. The number of unbranched alkanes of at least 4 members (excludes halogenated alkanes) is 2. The number of sulfone groups is 1. The maximum absolute atomic E-state index is 14.0. The van der Waals surface area contributed by atoms with Crippen LogP contribution >= 0.6 is 0 Å². The average molecular weight is 452 g/mol. The van der Waals surface area contributed by atoms with E-state index in [0.717, 1.165) is 30.4 Å². The average Bonchev–Trinajstić information content (AvgIpc) is 3.50. The third kappa shape index (κ3) is 7.76. The van der Waals surface area contributed by atoms with Gasteiger partial charge in [0.25, 0.3) is 5.91 Å². The van der Waals surface area contributed by atoms with E-state index in [1.165, 1.54) is 12.1 Å². The highest BCUT2D eigenvalue weighted by molar-refractivity contribution is 7.91. The first-order valence-corrected chi connectivity index (χ1v) is 12.7. The van der Waals surface area contributed by atoms with Gasteiger partial charge in [0, 0.05) is 12.5 Å². The fourth-order valence-electron chi connectivity index (χ4n) is 3.66. The van der Waals surface area contributed by atoms with Gasteiger partial charge in [-0.2, -0.15) is 0 Å². The molecule has 0 saturated heterocycles. The normalized spacial score (nSPS) is 17.8. The van der Waals surface area contributed by atoms with Crippen LogP contribution in [0.4, 0.5) is 4.39 Å². The van der Waals surface area contributed by atoms with Gasteiger partial charge in [-0.15, -0.1) is 0 Å². The Morgan fingerprint density at radius 1 is 1.19 bits per heavy atom. The molecule has 1 atom stereocenters. The molecule has 1 aromatic rings. The molecule has 0 spiro atoms. The highest BCUT2D eigenvalue weighted by Gasteiger charge is 2.23. The number of imide groups is 1. The lowest BCUT2D eigenvalue weighted by molar-refractivity contribution is -0.128. The van der Waals surface area contributed by atoms with Crippen LogP contribution < -0.4 is 10.1 Å². The summed E-state index contributed by atoms with van der Waals surface area (Å²) in [5, 5.41) is 2.22. The maximum atomic E-state index is 14.0. The predicted octanol–water partition coefficient (Wildman–Crippen LogP) is 3.67. The van der Waals surface area contributed by atoms with Crippen molar-refractivity contribution in [1.29, 1.82) is 0 Å². The Balaban J connectivity index is 1.42. The molecule has 1 heterocycles. The Hall–Kier alpha value is -2.22. The van der Waals surface area contributed by atoms with E-state index in [-0.39, 0.29) is 41.4 Å². The van der Waals surface area contributed by atoms with Crippen LogP contribution in [0.5, 0.6) is 5.75 Å². The number of ether oxygens (including phenoxy) is 1. The highest BCUT2D eigenvalue weighted by Crippen LogP contribution is 2.31.